The standard InChI is InChI=1S/C14H22I2O/c1-8(15)14(2)13(16)12(7-17-14)11-5-10(6-11)9-3-4-9/h8-13H,3-7H2,1-2H3. The van der Waals surface area contributed by atoms with Crippen molar-refractivity contribution in [2.75, 3.05) is 6.61 Å². The van der Waals surface area contributed by atoms with Gasteiger partial charge in [0.15, 0.2) is 0 Å². The molecule has 0 bridgehead atoms. The third-order valence-electron chi connectivity index (χ3n) is 5.41. The topological polar surface area (TPSA) is 9.23 Å². The normalized spacial score (nSPS) is 52.2. The third-order valence-corrected chi connectivity index (χ3v) is 8.80. The molecule has 1 heterocycles. The van der Waals surface area contributed by atoms with E-state index in [0.717, 1.165) is 30.3 Å². The second kappa shape index (κ2) is 4.76. The highest BCUT2D eigenvalue weighted by Gasteiger charge is 2.53. The molecule has 2 saturated carbocycles. The van der Waals surface area contributed by atoms with Crippen LogP contribution in [0.25, 0.3) is 0 Å². The van der Waals surface area contributed by atoms with Crippen LogP contribution in [-0.4, -0.2) is 20.1 Å². The Morgan fingerprint density at radius 3 is 2.29 bits per heavy atom. The summed E-state index contributed by atoms with van der Waals surface area (Å²) < 4.78 is 7.49. The molecule has 0 aromatic rings. The van der Waals surface area contributed by atoms with Gasteiger partial charge in [0.2, 0.25) is 0 Å². The zero-order chi connectivity index (χ0) is 12.2. The van der Waals surface area contributed by atoms with E-state index in [1.165, 1.54) is 25.7 Å². The third kappa shape index (κ3) is 2.30. The van der Waals surface area contributed by atoms with Gasteiger partial charge in [-0.1, -0.05) is 52.1 Å². The second-order valence-corrected chi connectivity index (χ2v) is 9.72. The molecule has 1 nitrogen and oxygen atoms in total. The molecule has 1 aliphatic heterocycles. The predicted octanol–water partition coefficient (Wildman–Crippen LogP) is 4.45. The summed E-state index contributed by atoms with van der Waals surface area (Å²) in [6.07, 6.45) is 6.05. The van der Waals surface area contributed by atoms with Crippen molar-refractivity contribution in [1.29, 1.82) is 0 Å². The molecule has 2 aliphatic carbocycles. The van der Waals surface area contributed by atoms with Crippen molar-refractivity contribution in [2.45, 2.75) is 53.0 Å². The molecule has 3 heteroatoms. The number of ether oxygens (including phenoxy) is 1. The van der Waals surface area contributed by atoms with E-state index in [1.54, 1.807) is 0 Å². The van der Waals surface area contributed by atoms with Crippen LogP contribution in [0.2, 0.25) is 0 Å². The summed E-state index contributed by atoms with van der Waals surface area (Å²) in [5, 5.41) is 0. The number of halogens is 2. The molecule has 0 aromatic carbocycles. The Labute approximate surface area is 132 Å². The SMILES string of the molecule is CC(I)C1(C)OCC(C2CC(C3CC3)C2)C1I. The quantitative estimate of drug-likeness (QED) is 0.447. The van der Waals surface area contributed by atoms with Gasteiger partial charge in [-0.25, -0.2) is 0 Å². The van der Waals surface area contributed by atoms with E-state index in [2.05, 4.69) is 59.0 Å². The summed E-state index contributed by atoms with van der Waals surface area (Å²) in [4.78, 5) is 0. The molecule has 3 aliphatic rings. The lowest BCUT2D eigenvalue weighted by Gasteiger charge is -2.41. The van der Waals surface area contributed by atoms with Gasteiger partial charge in [0.05, 0.1) is 12.2 Å². The van der Waals surface area contributed by atoms with Gasteiger partial charge in [-0.2, -0.15) is 0 Å². The van der Waals surface area contributed by atoms with Crippen molar-refractivity contribution in [2.24, 2.45) is 23.7 Å². The number of rotatable bonds is 3. The zero-order valence-corrected chi connectivity index (χ0v) is 15.0. The van der Waals surface area contributed by atoms with E-state index < -0.39 is 0 Å². The largest absolute Gasteiger partial charge is 0.373 e. The molecule has 98 valence electrons. The second-order valence-electron chi connectivity index (χ2n) is 6.51. The molecule has 0 aromatic heterocycles. The smallest absolute Gasteiger partial charge is 0.0889 e. The maximum atomic E-state index is 6.18. The van der Waals surface area contributed by atoms with Crippen LogP contribution in [0.15, 0.2) is 0 Å². The van der Waals surface area contributed by atoms with E-state index in [1.807, 2.05) is 0 Å². The van der Waals surface area contributed by atoms with Crippen molar-refractivity contribution >= 4 is 45.2 Å². The number of alkyl halides is 2. The van der Waals surface area contributed by atoms with E-state index in [9.17, 15) is 0 Å². The summed E-state index contributed by atoms with van der Waals surface area (Å²) in [6.45, 7) is 5.63. The van der Waals surface area contributed by atoms with Gasteiger partial charge in [0.25, 0.3) is 0 Å². The minimum Gasteiger partial charge on any atom is -0.373 e. The Kier molecular flexibility index (Phi) is 3.75. The van der Waals surface area contributed by atoms with Crippen LogP contribution in [0.3, 0.4) is 0 Å². The first-order chi connectivity index (χ1) is 8.02. The first-order valence-electron chi connectivity index (χ1n) is 6.94. The van der Waals surface area contributed by atoms with Crippen molar-refractivity contribution in [3.63, 3.8) is 0 Å². The molecule has 1 saturated heterocycles. The molecule has 0 radical (unpaired) electrons. The van der Waals surface area contributed by atoms with E-state index in [0.29, 0.717) is 7.85 Å². The minimum absolute atomic E-state index is 0.108. The maximum absolute atomic E-state index is 6.18. The molecule has 17 heavy (non-hydrogen) atoms. The van der Waals surface area contributed by atoms with Gasteiger partial charge >= 0.3 is 0 Å². The first kappa shape index (κ1) is 13.4. The Morgan fingerprint density at radius 1 is 1.18 bits per heavy atom. The Morgan fingerprint density at radius 2 is 1.82 bits per heavy atom. The van der Waals surface area contributed by atoms with Crippen molar-refractivity contribution in [1.82, 2.24) is 0 Å². The van der Waals surface area contributed by atoms with Crippen LogP contribution in [0.4, 0.5) is 0 Å². The highest BCUT2D eigenvalue weighted by Crippen LogP contribution is 2.55. The highest BCUT2D eigenvalue weighted by atomic mass is 127. The van der Waals surface area contributed by atoms with Crippen molar-refractivity contribution in [3.05, 3.63) is 0 Å². The molecule has 4 unspecified atom stereocenters. The fourth-order valence-electron chi connectivity index (χ4n) is 3.59. The predicted molar refractivity (Wildman–Crippen MR) is 88.1 cm³/mol. The number of hydrogen-bond acceptors (Lipinski definition) is 1. The van der Waals surface area contributed by atoms with Gasteiger partial charge in [-0.3, -0.25) is 0 Å². The average Bonchev–Trinajstić information content (AvgIpc) is 2.98. The van der Waals surface area contributed by atoms with Crippen molar-refractivity contribution in [3.8, 4) is 0 Å². The Bertz CT molecular complexity index is 297. The van der Waals surface area contributed by atoms with Gasteiger partial charge in [-0.05, 0) is 56.3 Å². The summed E-state index contributed by atoms with van der Waals surface area (Å²) in [5.41, 5.74) is 0.108. The molecule has 0 amide bonds. The van der Waals surface area contributed by atoms with Crippen LogP contribution in [-0.2, 0) is 4.74 Å². The lowest BCUT2D eigenvalue weighted by Crippen LogP contribution is -2.44. The molecular formula is C14H22I2O. The minimum atomic E-state index is 0.108. The van der Waals surface area contributed by atoms with Crippen LogP contribution in [0.1, 0.15) is 39.5 Å². The molecule has 0 N–H and O–H groups in total. The number of hydrogen-bond donors (Lipinski definition) is 0. The molecular weight excluding hydrogens is 438 g/mol. The molecule has 0 spiro atoms. The van der Waals surface area contributed by atoms with Crippen LogP contribution in [0.5, 0.6) is 0 Å². The Hall–Kier alpha value is 1.42. The lowest BCUT2D eigenvalue weighted by atomic mass is 9.65. The monoisotopic (exact) mass is 460 g/mol. The fourth-order valence-corrected chi connectivity index (χ4v) is 6.35. The van der Waals surface area contributed by atoms with E-state index in [4.69, 9.17) is 4.74 Å². The molecule has 3 rings (SSSR count). The van der Waals surface area contributed by atoms with Crippen LogP contribution >= 0.6 is 45.2 Å². The fraction of sp³-hybridized carbons (Fsp3) is 1.00. The van der Waals surface area contributed by atoms with Crippen molar-refractivity contribution < 1.29 is 4.74 Å². The molecule has 3 fully saturated rings. The van der Waals surface area contributed by atoms with Gasteiger partial charge < -0.3 is 4.74 Å². The van der Waals surface area contributed by atoms with Crippen LogP contribution in [0, 0.1) is 23.7 Å². The Balaban J connectivity index is 1.59. The van der Waals surface area contributed by atoms with E-state index >= 15 is 0 Å². The summed E-state index contributed by atoms with van der Waals surface area (Å²) >= 11 is 5.21. The highest BCUT2D eigenvalue weighted by molar-refractivity contribution is 14.1. The first-order valence-corrected chi connectivity index (χ1v) is 9.43. The summed E-state index contributed by atoms with van der Waals surface area (Å²) in [7, 11) is 0. The van der Waals surface area contributed by atoms with Gasteiger partial charge in [0, 0.05) is 7.85 Å². The summed E-state index contributed by atoms with van der Waals surface area (Å²) in [5.74, 6) is 4.01. The average molecular weight is 460 g/mol. The van der Waals surface area contributed by atoms with Gasteiger partial charge in [-0.15, -0.1) is 0 Å². The lowest BCUT2D eigenvalue weighted by molar-refractivity contribution is 0.0227. The van der Waals surface area contributed by atoms with Gasteiger partial charge in [0.1, 0.15) is 0 Å². The molecule has 4 atom stereocenters. The van der Waals surface area contributed by atoms with E-state index in [-0.39, 0.29) is 5.60 Å². The summed E-state index contributed by atoms with van der Waals surface area (Å²) in [6, 6.07) is 0. The van der Waals surface area contributed by atoms with Crippen LogP contribution < -0.4 is 0 Å². The zero-order valence-electron chi connectivity index (χ0n) is 10.7. The maximum Gasteiger partial charge on any atom is 0.0889 e.